The number of esters is 1. The first-order chi connectivity index (χ1) is 6.40. The van der Waals surface area contributed by atoms with E-state index in [1.165, 1.54) is 0 Å². The van der Waals surface area contributed by atoms with Crippen molar-refractivity contribution < 1.29 is 9.53 Å². The predicted molar refractivity (Wildman–Crippen MR) is 56.0 cm³/mol. The summed E-state index contributed by atoms with van der Waals surface area (Å²) in [5.41, 5.74) is -0.359. The van der Waals surface area contributed by atoms with Gasteiger partial charge >= 0.3 is 5.97 Å². The second kappa shape index (κ2) is 4.30. The molecule has 0 aliphatic carbocycles. The van der Waals surface area contributed by atoms with E-state index in [1.807, 2.05) is 20.8 Å². The maximum atomic E-state index is 11.8. The molecule has 0 aromatic rings. The van der Waals surface area contributed by atoms with E-state index >= 15 is 0 Å². The maximum Gasteiger partial charge on any atom is 0.309 e. The van der Waals surface area contributed by atoms with Gasteiger partial charge in [0.15, 0.2) is 0 Å². The normalized spacial score (nSPS) is 28.6. The molecule has 1 saturated heterocycles. The minimum Gasteiger partial charge on any atom is -0.460 e. The van der Waals surface area contributed by atoms with Crippen LogP contribution in [0, 0.1) is 11.8 Å². The van der Waals surface area contributed by atoms with Crippen LogP contribution in [0.3, 0.4) is 0 Å². The molecule has 1 heterocycles. The molecule has 0 aromatic carbocycles. The fourth-order valence-electron chi connectivity index (χ4n) is 1.74. The number of hydrogen-bond acceptors (Lipinski definition) is 3. The number of hydrogen-bond donors (Lipinski definition) is 1. The van der Waals surface area contributed by atoms with E-state index in [-0.39, 0.29) is 17.5 Å². The highest BCUT2D eigenvalue weighted by Crippen LogP contribution is 2.22. The van der Waals surface area contributed by atoms with Gasteiger partial charge in [-0.15, -0.1) is 0 Å². The smallest absolute Gasteiger partial charge is 0.309 e. The highest BCUT2D eigenvalue weighted by atomic mass is 16.6. The van der Waals surface area contributed by atoms with Gasteiger partial charge in [0, 0.05) is 0 Å². The van der Waals surface area contributed by atoms with Crippen LogP contribution in [-0.2, 0) is 9.53 Å². The zero-order valence-corrected chi connectivity index (χ0v) is 9.59. The first kappa shape index (κ1) is 11.5. The molecule has 2 atom stereocenters. The van der Waals surface area contributed by atoms with Gasteiger partial charge in [0.25, 0.3) is 0 Å². The summed E-state index contributed by atoms with van der Waals surface area (Å²) >= 11 is 0. The van der Waals surface area contributed by atoms with Crippen LogP contribution in [0.4, 0.5) is 0 Å². The summed E-state index contributed by atoms with van der Waals surface area (Å²) in [5.74, 6) is 0.431. The van der Waals surface area contributed by atoms with Gasteiger partial charge in [-0.1, -0.05) is 6.92 Å². The molecular weight excluding hydrogens is 178 g/mol. The molecule has 1 aliphatic heterocycles. The molecule has 82 valence electrons. The van der Waals surface area contributed by atoms with Crippen LogP contribution in [0.25, 0.3) is 0 Å². The number of piperidine rings is 1. The molecule has 0 saturated carbocycles. The minimum absolute atomic E-state index is 0.0356. The van der Waals surface area contributed by atoms with Gasteiger partial charge in [-0.25, -0.2) is 0 Å². The molecule has 0 aromatic heterocycles. The van der Waals surface area contributed by atoms with Gasteiger partial charge in [-0.2, -0.15) is 0 Å². The first-order valence-corrected chi connectivity index (χ1v) is 5.34. The number of carbonyl (C=O) groups is 1. The van der Waals surface area contributed by atoms with Crippen LogP contribution in [-0.4, -0.2) is 24.7 Å². The Morgan fingerprint density at radius 2 is 2.07 bits per heavy atom. The van der Waals surface area contributed by atoms with Crippen LogP contribution >= 0.6 is 0 Å². The topological polar surface area (TPSA) is 38.3 Å². The van der Waals surface area contributed by atoms with Crippen LogP contribution in [0.2, 0.25) is 0 Å². The summed E-state index contributed by atoms with van der Waals surface area (Å²) in [7, 11) is 0. The third-order valence-electron chi connectivity index (χ3n) is 2.49. The lowest BCUT2D eigenvalue weighted by Crippen LogP contribution is -2.41. The van der Waals surface area contributed by atoms with E-state index in [2.05, 4.69) is 12.2 Å². The van der Waals surface area contributed by atoms with Crippen molar-refractivity contribution in [3.8, 4) is 0 Å². The minimum atomic E-state index is -0.359. The van der Waals surface area contributed by atoms with Crippen molar-refractivity contribution in [1.29, 1.82) is 0 Å². The lowest BCUT2D eigenvalue weighted by Gasteiger charge is -2.30. The molecule has 1 fully saturated rings. The second-order valence-corrected chi connectivity index (χ2v) is 5.11. The molecule has 0 radical (unpaired) electrons. The van der Waals surface area contributed by atoms with E-state index < -0.39 is 0 Å². The van der Waals surface area contributed by atoms with Gasteiger partial charge in [0.2, 0.25) is 0 Å². The van der Waals surface area contributed by atoms with Crippen LogP contribution in [0.1, 0.15) is 34.1 Å². The summed E-state index contributed by atoms with van der Waals surface area (Å²) in [5, 5.41) is 3.27. The average molecular weight is 199 g/mol. The zero-order valence-electron chi connectivity index (χ0n) is 9.59. The van der Waals surface area contributed by atoms with Crippen molar-refractivity contribution >= 4 is 5.97 Å². The lowest BCUT2D eigenvalue weighted by atomic mass is 9.88. The van der Waals surface area contributed by atoms with Crippen molar-refractivity contribution in [3.05, 3.63) is 0 Å². The Morgan fingerprint density at radius 3 is 2.57 bits per heavy atom. The van der Waals surface area contributed by atoms with Crippen molar-refractivity contribution in [1.82, 2.24) is 5.32 Å². The van der Waals surface area contributed by atoms with Gasteiger partial charge in [0.1, 0.15) is 5.60 Å². The van der Waals surface area contributed by atoms with E-state index in [0.717, 1.165) is 19.5 Å². The molecule has 3 heteroatoms. The molecule has 14 heavy (non-hydrogen) atoms. The highest BCUT2D eigenvalue weighted by Gasteiger charge is 2.31. The van der Waals surface area contributed by atoms with Crippen LogP contribution in [0.5, 0.6) is 0 Å². The summed E-state index contributed by atoms with van der Waals surface area (Å²) in [4.78, 5) is 11.8. The quantitative estimate of drug-likeness (QED) is 0.651. The molecule has 1 rings (SSSR count). The number of ether oxygens (including phenoxy) is 1. The molecule has 0 amide bonds. The molecule has 0 spiro atoms. The SMILES string of the molecule is C[C@@H]1CNCC[C@H]1C(=O)OC(C)(C)C. The summed E-state index contributed by atoms with van der Waals surface area (Å²) in [6.07, 6.45) is 0.899. The third-order valence-corrected chi connectivity index (χ3v) is 2.49. The summed E-state index contributed by atoms with van der Waals surface area (Å²) < 4.78 is 5.38. The number of carbonyl (C=O) groups excluding carboxylic acids is 1. The fourth-order valence-corrected chi connectivity index (χ4v) is 1.74. The fraction of sp³-hybridized carbons (Fsp3) is 0.909. The molecular formula is C11H21NO2. The Labute approximate surface area is 86.2 Å². The molecule has 3 nitrogen and oxygen atoms in total. The number of rotatable bonds is 1. The Kier molecular flexibility index (Phi) is 3.53. The molecule has 0 bridgehead atoms. The molecule has 1 N–H and O–H groups in total. The number of nitrogens with one attached hydrogen (secondary N) is 1. The highest BCUT2D eigenvalue weighted by molar-refractivity contribution is 5.73. The second-order valence-electron chi connectivity index (χ2n) is 5.11. The van der Waals surface area contributed by atoms with Gasteiger partial charge in [0.05, 0.1) is 5.92 Å². The van der Waals surface area contributed by atoms with E-state index in [1.54, 1.807) is 0 Å². The Hall–Kier alpha value is -0.570. The van der Waals surface area contributed by atoms with E-state index in [4.69, 9.17) is 4.74 Å². The van der Waals surface area contributed by atoms with Crippen molar-refractivity contribution in [2.45, 2.75) is 39.7 Å². The standard InChI is InChI=1S/C11H21NO2/c1-8-7-12-6-5-9(8)10(13)14-11(2,3)4/h8-9,12H,5-7H2,1-4H3/t8-,9-/m1/s1. The lowest BCUT2D eigenvalue weighted by molar-refractivity contribution is -0.162. The van der Waals surface area contributed by atoms with Crippen molar-refractivity contribution in [2.75, 3.05) is 13.1 Å². The van der Waals surface area contributed by atoms with Gasteiger partial charge in [-0.05, 0) is 46.2 Å². The zero-order chi connectivity index (χ0) is 10.8. The third kappa shape index (κ3) is 3.29. The largest absolute Gasteiger partial charge is 0.460 e. The van der Waals surface area contributed by atoms with Crippen molar-refractivity contribution in [2.24, 2.45) is 11.8 Å². The monoisotopic (exact) mass is 199 g/mol. The average Bonchev–Trinajstić information content (AvgIpc) is 2.01. The summed E-state index contributed by atoms with van der Waals surface area (Å²) in [6.45, 7) is 9.68. The first-order valence-electron chi connectivity index (χ1n) is 5.34. The Bertz CT molecular complexity index is 208. The Balaban J connectivity index is 2.50. The predicted octanol–water partition coefficient (Wildman–Crippen LogP) is 1.57. The van der Waals surface area contributed by atoms with Gasteiger partial charge in [-0.3, -0.25) is 4.79 Å². The Morgan fingerprint density at radius 1 is 1.43 bits per heavy atom. The van der Waals surface area contributed by atoms with E-state index in [0.29, 0.717) is 5.92 Å². The van der Waals surface area contributed by atoms with Crippen LogP contribution in [0.15, 0.2) is 0 Å². The molecule has 1 aliphatic rings. The van der Waals surface area contributed by atoms with Gasteiger partial charge < -0.3 is 10.1 Å². The molecule has 0 unspecified atom stereocenters. The van der Waals surface area contributed by atoms with Crippen LogP contribution < -0.4 is 5.32 Å². The van der Waals surface area contributed by atoms with E-state index in [9.17, 15) is 4.79 Å². The summed E-state index contributed by atoms with van der Waals surface area (Å²) in [6, 6.07) is 0. The van der Waals surface area contributed by atoms with Crippen molar-refractivity contribution in [3.63, 3.8) is 0 Å². The maximum absolute atomic E-state index is 11.8.